The molecule has 75 heavy (non-hydrogen) atoms. The highest BCUT2D eigenvalue weighted by Crippen LogP contribution is 2.22. The molecular formula is C58H74Cl2N2O13. The molecule has 6 rings (SSSR count). The Labute approximate surface area is 453 Å². The molecule has 408 valence electrons. The Balaban J connectivity index is 0.000000494. The van der Waals surface area contributed by atoms with Crippen molar-refractivity contribution >= 4 is 36.8 Å². The molecule has 0 spiro atoms. The summed E-state index contributed by atoms with van der Waals surface area (Å²) in [6.07, 6.45) is 1.47. The molecule has 6 aromatic carbocycles. The molecule has 0 fully saturated rings. The zero-order valence-corrected chi connectivity index (χ0v) is 44.7. The fourth-order valence-electron chi connectivity index (χ4n) is 7.81. The van der Waals surface area contributed by atoms with Crippen molar-refractivity contribution in [3.8, 4) is 34.5 Å². The number of halogens is 2. The maximum absolute atomic E-state index is 11.3. The van der Waals surface area contributed by atoms with Gasteiger partial charge >= 0.3 is 11.9 Å². The van der Waals surface area contributed by atoms with Gasteiger partial charge in [-0.1, -0.05) is 97.1 Å². The molecule has 0 amide bonds. The van der Waals surface area contributed by atoms with Crippen molar-refractivity contribution in [2.45, 2.75) is 63.8 Å². The van der Waals surface area contributed by atoms with Crippen LogP contribution in [0.25, 0.3) is 0 Å². The third kappa shape index (κ3) is 24.1. The van der Waals surface area contributed by atoms with E-state index in [-0.39, 0.29) is 80.3 Å². The predicted molar refractivity (Wildman–Crippen MR) is 295 cm³/mol. The van der Waals surface area contributed by atoms with Crippen LogP contribution >= 0.6 is 24.8 Å². The molecule has 4 unspecified atom stereocenters. The second-order valence-corrected chi connectivity index (χ2v) is 17.4. The summed E-state index contributed by atoms with van der Waals surface area (Å²) >= 11 is 0. The third-order valence-electron chi connectivity index (χ3n) is 11.9. The highest BCUT2D eigenvalue weighted by molar-refractivity contribution is 5.85. The molecule has 0 radical (unpaired) electrons. The van der Waals surface area contributed by atoms with Gasteiger partial charge in [0, 0.05) is 38.3 Å². The molecule has 0 aliphatic rings. The van der Waals surface area contributed by atoms with Crippen LogP contribution in [-0.4, -0.2) is 139 Å². The van der Waals surface area contributed by atoms with Gasteiger partial charge in [0.15, 0.2) is 13.2 Å². The Morgan fingerprint density at radius 3 is 1.12 bits per heavy atom. The van der Waals surface area contributed by atoms with Crippen molar-refractivity contribution < 1.29 is 63.9 Å². The standard InChI is InChI=1S/2C29H35NO6.2ClH.H2O/c2*1-22(18-23-12-14-27(15-13-23)36-21-29(33)34-2)30(17-16-24-8-6-7-11-28(24)32)19-25(31)20-35-26-9-4-3-5-10-26;;;/h2*3-15,22,25,31-32H,16-21H2,1-2H3;2*1H;1H2. The fraction of sp³-hybridized carbons (Fsp3) is 0.345. The first kappa shape index (κ1) is 64.6. The Morgan fingerprint density at radius 2 is 0.787 bits per heavy atom. The Kier molecular flexibility index (Phi) is 30.6. The van der Waals surface area contributed by atoms with E-state index in [0.29, 0.717) is 50.5 Å². The van der Waals surface area contributed by atoms with Crippen LogP contribution in [0.1, 0.15) is 36.1 Å². The number of carbonyl (C=O) groups is 2. The molecule has 0 heterocycles. The Bertz CT molecular complexity index is 2300. The number of carbonyl (C=O) groups excluding carboxylic acids is 2. The highest BCUT2D eigenvalue weighted by Gasteiger charge is 2.21. The van der Waals surface area contributed by atoms with Crippen LogP contribution in [0.15, 0.2) is 158 Å². The normalized spacial score (nSPS) is 12.2. The first-order valence-electron chi connectivity index (χ1n) is 24.2. The molecule has 6 aromatic rings. The van der Waals surface area contributed by atoms with Crippen LogP contribution in [0.5, 0.6) is 34.5 Å². The number of para-hydroxylation sites is 4. The topological polar surface area (TPSA) is 208 Å². The average molecular weight is 1080 g/mol. The molecule has 0 aliphatic heterocycles. The highest BCUT2D eigenvalue weighted by atomic mass is 35.5. The summed E-state index contributed by atoms with van der Waals surface area (Å²) in [5, 5.41) is 41.8. The number of esters is 2. The zero-order chi connectivity index (χ0) is 51.5. The summed E-state index contributed by atoms with van der Waals surface area (Å²) in [7, 11) is 2.65. The summed E-state index contributed by atoms with van der Waals surface area (Å²) < 4.78 is 31.5. The van der Waals surface area contributed by atoms with E-state index in [4.69, 9.17) is 18.9 Å². The Hall–Kier alpha value is -6.56. The number of rotatable bonds is 28. The maximum atomic E-state index is 11.3. The Morgan fingerprint density at radius 1 is 0.467 bits per heavy atom. The van der Waals surface area contributed by atoms with Crippen molar-refractivity contribution in [2.24, 2.45) is 0 Å². The lowest BCUT2D eigenvalue weighted by molar-refractivity contribution is -0.143. The van der Waals surface area contributed by atoms with Gasteiger partial charge in [-0.15, -0.1) is 24.8 Å². The molecule has 0 saturated heterocycles. The number of aliphatic hydroxyl groups is 2. The van der Waals surface area contributed by atoms with Gasteiger partial charge in [-0.3, -0.25) is 9.80 Å². The first-order chi connectivity index (χ1) is 34.9. The number of nitrogens with zero attached hydrogens (tertiary/aromatic N) is 2. The molecular weight excluding hydrogens is 1000 g/mol. The van der Waals surface area contributed by atoms with Crippen LogP contribution in [0, 0.1) is 0 Å². The van der Waals surface area contributed by atoms with Crippen LogP contribution in [0.4, 0.5) is 0 Å². The van der Waals surface area contributed by atoms with E-state index in [2.05, 4.69) is 33.1 Å². The van der Waals surface area contributed by atoms with E-state index < -0.39 is 24.1 Å². The van der Waals surface area contributed by atoms with Gasteiger partial charge in [0.05, 0.1) is 14.2 Å². The monoisotopic (exact) mass is 1080 g/mol. The van der Waals surface area contributed by atoms with Gasteiger partial charge in [0.25, 0.3) is 0 Å². The van der Waals surface area contributed by atoms with Crippen molar-refractivity contribution in [3.63, 3.8) is 0 Å². The number of hydrogen-bond donors (Lipinski definition) is 4. The first-order valence-corrected chi connectivity index (χ1v) is 24.2. The lowest BCUT2D eigenvalue weighted by atomic mass is 10.0. The number of ether oxygens (including phenoxy) is 6. The summed E-state index contributed by atoms with van der Waals surface area (Å²) in [6.45, 7) is 6.57. The number of phenolic OH excluding ortho intramolecular Hbond substituents is 2. The van der Waals surface area contributed by atoms with Gasteiger partial charge in [-0.05, 0) is 122 Å². The van der Waals surface area contributed by atoms with Gasteiger partial charge in [0.1, 0.15) is 59.9 Å². The van der Waals surface area contributed by atoms with E-state index in [0.717, 1.165) is 46.6 Å². The second-order valence-electron chi connectivity index (χ2n) is 17.4. The molecule has 15 nitrogen and oxygen atoms in total. The molecule has 0 aliphatic carbocycles. The van der Waals surface area contributed by atoms with Gasteiger partial charge in [-0.25, -0.2) is 9.59 Å². The SMILES string of the molecule is COC(=O)COc1ccc(CC(C)N(CCc2ccccc2O)CC(O)COc2ccccc2)cc1.COC(=O)COc1ccc(CC(C)N(CCc2ccccc2O)CC(O)COc2ccccc2)cc1.Cl.Cl.O. The van der Waals surface area contributed by atoms with E-state index in [1.54, 1.807) is 12.1 Å². The maximum Gasteiger partial charge on any atom is 0.343 e. The van der Waals surface area contributed by atoms with E-state index in [1.165, 1.54) is 14.2 Å². The zero-order valence-electron chi connectivity index (χ0n) is 43.1. The van der Waals surface area contributed by atoms with Crippen molar-refractivity contribution in [1.82, 2.24) is 9.80 Å². The number of aliphatic hydroxyl groups excluding tert-OH is 2. The van der Waals surface area contributed by atoms with Crippen LogP contribution in [0.3, 0.4) is 0 Å². The van der Waals surface area contributed by atoms with Crippen molar-refractivity contribution in [3.05, 3.63) is 180 Å². The minimum Gasteiger partial charge on any atom is -0.508 e. The van der Waals surface area contributed by atoms with E-state index in [1.807, 2.05) is 146 Å². The van der Waals surface area contributed by atoms with Gasteiger partial charge < -0.3 is 54.3 Å². The second kappa shape index (κ2) is 35.6. The van der Waals surface area contributed by atoms with Gasteiger partial charge in [0.2, 0.25) is 0 Å². The third-order valence-corrected chi connectivity index (χ3v) is 11.9. The van der Waals surface area contributed by atoms with E-state index >= 15 is 0 Å². The smallest absolute Gasteiger partial charge is 0.343 e. The lowest BCUT2D eigenvalue weighted by Gasteiger charge is -2.31. The minimum absolute atomic E-state index is 0. The van der Waals surface area contributed by atoms with Crippen LogP contribution in [0.2, 0.25) is 0 Å². The molecule has 0 saturated carbocycles. The molecule has 6 N–H and O–H groups in total. The quantitative estimate of drug-likeness (QED) is 0.0347. The summed E-state index contributed by atoms with van der Waals surface area (Å²) in [5.74, 6) is 2.34. The number of methoxy groups -OCH3 is 2. The summed E-state index contributed by atoms with van der Waals surface area (Å²) in [6, 6.07) is 49.0. The number of benzene rings is 6. The van der Waals surface area contributed by atoms with Crippen LogP contribution in [-0.2, 0) is 44.7 Å². The molecule has 4 atom stereocenters. The predicted octanol–water partition coefficient (Wildman–Crippen LogP) is 7.74. The number of hydrogen-bond acceptors (Lipinski definition) is 14. The largest absolute Gasteiger partial charge is 0.508 e. The molecule has 0 bridgehead atoms. The molecule has 17 heteroatoms. The minimum atomic E-state index is -0.675. The van der Waals surface area contributed by atoms with Gasteiger partial charge in [-0.2, -0.15) is 0 Å². The van der Waals surface area contributed by atoms with E-state index in [9.17, 15) is 30.0 Å². The average Bonchev–Trinajstić information content (AvgIpc) is 3.40. The lowest BCUT2D eigenvalue weighted by Crippen LogP contribution is -2.43. The van der Waals surface area contributed by atoms with Crippen molar-refractivity contribution in [1.29, 1.82) is 0 Å². The number of aromatic hydroxyl groups is 2. The fourth-order valence-corrected chi connectivity index (χ4v) is 7.81. The summed E-state index contributed by atoms with van der Waals surface area (Å²) in [5.41, 5.74) is 3.96. The van der Waals surface area contributed by atoms with Crippen LogP contribution < -0.4 is 18.9 Å². The summed E-state index contributed by atoms with van der Waals surface area (Å²) in [4.78, 5) is 27.0. The molecule has 0 aromatic heterocycles. The number of phenols is 2. The van der Waals surface area contributed by atoms with Crippen molar-refractivity contribution in [2.75, 3.05) is 66.8 Å².